The van der Waals surface area contributed by atoms with E-state index in [2.05, 4.69) is 35.9 Å². The quantitative estimate of drug-likeness (QED) is 0.375. The van der Waals surface area contributed by atoms with Crippen LogP contribution in [0.1, 0.15) is 59.3 Å². The van der Waals surface area contributed by atoms with Crippen molar-refractivity contribution >= 4 is 21.9 Å². The Labute approximate surface area is 136 Å². The van der Waals surface area contributed by atoms with Crippen LogP contribution in [0.25, 0.3) is 0 Å². The highest BCUT2D eigenvalue weighted by Crippen LogP contribution is 2.24. The fraction of sp³-hybridized carbons (Fsp3) is 0.706. The van der Waals surface area contributed by atoms with Gasteiger partial charge in [-0.25, -0.2) is 4.79 Å². The summed E-state index contributed by atoms with van der Waals surface area (Å²) in [6, 6.07) is 0. The van der Waals surface area contributed by atoms with Crippen molar-refractivity contribution in [3.05, 3.63) is 22.2 Å². The molecule has 0 saturated carbocycles. The molecule has 3 nitrogen and oxygen atoms in total. The van der Waals surface area contributed by atoms with E-state index in [4.69, 9.17) is 4.74 Å². The molecule has 0 bridgehead atoms. The Kier molecular flexibility index (Phi) is 8.27. The molecule has 0 amide bonds. The van der Waals surface area contributed by atoms with Gasteiger partial charge in [-0.3, -0.25) is 0 Å². The number of carbonyl (C=O) groups excluding carboxylic acids is 1. The topological polar surface area (TPSA) is 46.5 Å². The van der Waals surface area contributed by atoms with E-state index < -0.39 is 18.2 Å². The molecule has 1 N–H and O–H groups in total. The Morgan fingerprint density at radius 2 is 2.10 bits per heavy atom. The zero-order chi connectivity index (χ0) is 15.8. The Morgan fingerprint density at radius 1 is 1.43 bits per heavy atom. The first-order valence-corrected chi connectivity index (χ1v) is 8.69. The molecular formula is C17H27BrO3. The third-order valence-electron chi connectivity index (χ3n) is 3.84. The van der Waals surface area contributed by atoms with Crippen LogP contribution in [0.4, 0.5) is 0 Å². The lowest BCUT2D eigenvalue weighted by Crippen LogP contribution is -2.27. The normalized spacial score (nSPS) is 22.0. The third kappa shape index (κ3) is 6.35. The Hall–Kier alpha value is -0.610. The van der Waals surface area contributed by atoms with Gasteiger partial charge < -0.3 is 9.84 Å². The standard InChI is InChI=1S/C17H27BrO3/c1-4-5-6-7-8-9-12(2)10-13(3)16(19)15-11-14(18)17(20)21-15/h10-12,15-16,19H,4-9H2,1-3H3/b13-10+/t12-,15-,16+/m0/s1. The van der Waals surface area contributed by atoms with E-state index in [9.17, 15) is 9.90 Å². The zero-order valence-electron chi connectivity index (χ0n) is 13.3. The number of hydrogen-bond donors (Lipinski definition) is 1. The number of rotatable bonds is 9. The predicted molar refractivity (Wildman–Crippen MR) is 89.2 cm³/mol. The molecule has 4 heteroatoms. The summed E-state index contributed by atoms with van der Waals surface area (Å²) in [6.07, 6.45) is 9.93. The van der Waals surface area contributed by atoms with Crippen LogP contribution in [0, 0.1) is 5.92 Å². The van der Waals surface area contributed by atoms with E-state index in [1.54, 1.807) is 6.08 Å². The molecule has 3 atom stereocenters. The highest BCUT2D eigenvalue weighted by Gasteiger charge is 2.30. The minimum atomic E-state index is -0.758. The van der Waals surface area contributed by atoms with Crippen molar-refractivity contribution in [2.24, 2.45) is 5.92 Å². The van der Waals surface area contributed by atoms with Gasteiger partial charge in [0.1, 0.15) is 10.6 Å². The number of aliphatic hydroxyl groups excluding tert-OH is 1. The Balaban J connectivity index is 2.38. The van der Waals surface area contributed by atoms with Gasteiger partial charge in [-0.1, -0.05) is 52.0 Å². The van der Waals surface area contributed by atoms with E-state index in [0.717, 1.165) is 12.0 Å². The van der Waals surface area contributed by atoms with Crippen LogP contribution < -0.4 is 0 Å². The van der Waals surface area contributed by atoms with Crippen molar-refractivity contribution in [1.29, 1.82) is 0 Å². The zero-order valence-corrected chi connectivity index (χ0v) is 14.9. The van der Waals surface area contributed by atoms with E-state index in [1.807, 2.05) is 6.92 Å². The second kappa shape index (κ2) is 9.42. The molecule has 0 radical (unpaired) electrons. The van der Waals surface area contributed by atoms with Crippen LogP contribution in [0.5, 0.6) is 0 Å². The number of unbranched alkanes of at least 4 members (excludes halogenated alkanes) is 4. The van der Waals surface area contributed by atoms with E-state index in [1.165, 1.54) is 32.1 Å². The molecule has 0 aromatic rings. The lowest BCUT2D eigenvalue weighted by molar-refractivity contribution is -0.141. The largest absolute Gasteiger partial charge is 0.451 e. The third-order valence-corrected chi connectivity index (χ3v) is 4.42. The van der Waals surface area contributed by atoms with Crippen LogP contribution in [-0.2, 0) is 9.53 Å². The maximum absolute atomic E-state index is 11.3. The van der Waals surface area contributed by atoms with Gasteiger partial charge in [0.05, 0.1) is 0 Å². The molecule has 0 fully saturated rings. The number of ether oxygens (including phenoxy) is 1. The number of halogens is 1. The highest BCUT2D eigenvalue weighted by molar-refractivity contribution is 9.12. The molecule has 1 rings (SSSR count). The number of carbonyl (C=O) groups is 1. The molecular weight excluding hydrogens is 332 g/mol. The summed E-state index contributed by atoms with van der Waals surface area (Å²) in [5.41, 5.74) is 0.868. The number of esters is 1. The fourth-order valence-corrected chi connectivity index (χ4v) is 2.90. The van der Waals surface area contributed by atoms with Gasteiger partial charge in [0.15, 0.2) is 6.10 Å². The average Bonchev–Trinajstić information content (AvgIpc) is 2.77. The number of cyclic esters (lactones) is 1. The SMILES string of the molecule is CCCCCCC[C@H](C)/C=C(\C)[C@@H](O)[C@@H]1C=C(Br)C(=O)O1. The first-order valence-electron chi connectivity index (χ1n) is 7.90. The lowest BCUT2D eigenvalue weighted by atomic mass is 9.97. The molecule has 0 unspecified atom stereocenters. The average molecular weight is 359 g/mol. The van der Waals surface area contributed by atoms with E-state index in [0.29, 0.717) is 10.4 Å². The van der Waals surface area contributed by atoms with E-state index in [-0.39, 0.29) is 0 Å². The molecule has 0 spiro atoms. The molecule has 0 aliphatic carbocycles. The van der Waals surface area contributed by atoms with Crippen LogP contribution >= 0.6 is 15.9 Å². The van der Waals surface area contributed by atoms with Crippen molar-refractivity contribution in [3.63, 3.8) is 0 Å². The molecule has 1 heterocycles. The number of aliphatic hydroxyl groups is 1. The summed E-state index contributed by atoms with van der Waals surface area (Å²) in [4.78, 5) is 11.3. The maximum atomic E-state index is 11.3. The van der Waals surface area contributed by atoms with E-state index >= 15 is 0 Å². The summed E-state index contributed by atoms with van der Waals surface area (Å²) in [6.45, 7) is 6.29. The minimum absolute atomic E-state index is 0.392. The van der Waals surface area contributed by atoms with Crippen molar-refractivity contribution in [2.45, 2.75) is 71.5 Å². The summed E-state index contributed by atoms with van der Waals surface area (Å²) in [7, 11) is 0. The van der Waals surface area contributed by atoms with Gasteiger partial charge in [0.2, 0.25) is 0 Å². The van der Waals surface area contributed by atoms with Gasteiger partial charge in [0, 0.05) is 0 Å². The lowest BCUT2D eigenvalue weighted by Gasteiger charge is -2.18. The van der Waals surface area contributed by atoms with Crippen molar-refractivity contribution < 1.29 is 14.6 Å². The second-order valence-corrected chi connectivity index (χ2v) is 6.77. The van der Waals surface area contributed by atoms with Crippen molar-refractivity contribution in [3.8, 4) is 0 Å². The molecule has 1 aliphatic heterocycles. The van der Waals surface area contributed by atoms with Crippen molar-refractivity contribution in [2.75, 3.05) is 0 Å². The van der Waals surface area contributed by atoms with Gasteiger partial charge in [-0.15, -0.1) is 0 Å². The Morgan fingerprint density at radius 3 is 2.67 bits per heavy atom. The summed E-state index contributed by atoms with van der Waals surface area (Å²) < 4.78 is 5.49. The minimum Gasteiger partial charge on any atom is -0.451 e. The summed E-state index contributed by atoms with van der Waals surface area (Å²) >= 11 is 3.12. The predicted octanol–water partition coefficient (Wildman–Crippen LogP) is 4.49. The Bertz CT molecular complexity index is 401. The summed E-state index contributed by atoms with van der Waals surface area (Å²) in [5.74, 6) is 0.0293. The van der Waals surface area contributed by atoms with Crippen LogP contribution in [0.3, 0.4) is 0 Å². The molecule has 0 aromatic heterocycles. The summed E-state index contributed by atoms with van der Waals surface area (Å²) in [5, 5.41) is 10.2. The molecule has 21 heavy (non-hydrogen) atoms. The highest BCUT2D eigenvalue weighted by atomic mass is 79.9. The van der Waals surface area contributed by atoms with Gasteiger partial charge >= 0.3 is 5.97 Å². The first-order chi connectivity index (χ1) is 9.95. The maximum Gasteiger partial charge on any atom is 0.345 e. The molecule has 120 valence electrons. The number of allylic oxidation sites excluding steroid dienone is 1. The van der Waals surface area contributed by atoms with Crippen LogP contribution in [0.2, 0.25) is 0 Å². The number of hydrogen-bond acceptors (Lipinski definition) is 3. The molecule has 1 aliphatic rings. The van der Waals surface area contributed by atoms with Gasteiger partial charge in [-0.2, -0.15) is 0 Å². The molecule has 0 saturated heterocycles. The first kappa shape index (κ1) is 18.4. The van der Waals surface area contributed by atoms with Gasteiger partial charge in [0.25, 0.3) is 0 Å². The van der Waals surface area contributed by atoms with Crippen LogP contribution in [0.15, 0.2) is 22.2 Å². The molecule has 0 aromatic carbocycles. The van der Waals surface area contributed by atoms with Gasteiger partial charge in [-0.05, 0) is 46.8 Å². The van der Waals surface area contributed by atoms with Crippen molar-refractivity contribution in [1.82, 2.24) is 0 Å². The second-order valence-electron chi connectivity index (χ2n) is 5.92. The smallest absolute Gasteiger partial charge is 0.345 e. The monoisotopic (exact) mass is 358 g/mol. The fourth-order valence-electron chi connectivity index (χ4n) is 2.54. The van der Waals surface area contributed by atoms with Crippen LogP contribution in [-0.4, -0.2) is 23.3 Å².